The minimum Gasteiger partial charge on any atom is -0.446 e. The number of ether oxygens (including phenoxy) is 2. The summed E-state index contributed by atoms with van der Waals surface area (Å²) < 4.78 is 9.66. The largest absolute Gasteiger partial charge is 0.446 e. The molecule has 0 aromatic carbocycles. The van der Waals surface area contributed by atoms with Crippen molar-refractivity contribution in [2.24, 2.45) is 0 Å². The van der Waals surface area contributed by atoms with Crippen LogP contribution in [0.15, 0.2) is 0 Å². The molecule has 0 radical (unpaired) electrons. The van der Waals surface area contributed by atoms with Crippen LogP contribution in [0.3, 0.4) is 0 Å². The fraction of sp³-hybridized carbons (Fsp3) is 0.818. The fourth-order valence-electron chi connectivity index (χ4n) is 1.64. The molecule has 0 aromatic rings. The van der Waals surface area contributed by atoms with Gasteiger partial charge in [-0.2, -0.15) is 0 Å². The molecule has 0 bridgehead atoms. The molecule has 1 saturated heterocycles. The van der Waals surface area contributed by atoms with Crippen molar-refractivity contribution in [3.8, 4) is 0 Å². The van der Waals surface area contributed by atoms with E-state index in [0.717, 1.165) is 25.9 Å². The van der Waals surface area contributed by atoms with Crippen LogP contribution in [-0.2, 0) is 9.47 Å². The highest BCUT2D eigenvalue weighted by Gasteiger charge is 2.15. The van der Waals surface area contributed by atoms with Gasteiger partial charge in [0.25, 0.3) is 0 Å². The van der Waals surface area contributed by atoms with Crippen LogP contribution in [0, 0.1) is 0 Å². The quantitative estimate of drug-likeness (QED) is 0.614. The second kappa shape index (κ2) is 8.57. The second-order valence-corrected chi connectivity index (χ2v) is 3.97. The van der Waals surface area contributed by atoms with Gasteiger partial charge < -0.3 is 25.4 Å². The van der Waals surface area contributed by atoms with Gasteiger partial charge in [-0.15, -0.1) is 0 Å². The van der Waals surface area contributed by atoms with Gasteiger partial charge in [-0.1, -0.05) is 0 Å². The van der Waals surface area contributed by atoms with E-state index in [4.69, 9.17) is 9.47 Å². The van der Waals surface area contributed by atoms with Crippen LogP contribution in [0.4, 0.5) is 9.59 Å². The highest BCUT2D eigenvalue weighted by Crippen LogP contribution is 2.01. The van der Waals surface area contributed by atoms with Gasteiger partial charge in [0.05, 0.1) is 0 Å². The fourth-order valence-corrected chi connectivity index (χ4v) is 1.64. The van der Waals surface area contributed by atoms with Crippen molar-refractivity contribution >= 4 is 12.2 Å². The Morgan fingerprint density at radius 2 is 1.78 bits per heavy atom. The predicted octanol–water partition coefficient (Wildman–Crippen LogP) is 0.211. The Kier molecular flexibility index (Phi) is 6.93. The highest BCUT2D eigenvalue weighted by molar-refractivity contribution is 5.68. The lowest BCUT2D eigenvalue weighted by atomic mass is 10.1. The molecule has 3 N–H and O–H groups in total. The SMILES string of the molecule is CCNC(=O)OCCOC(=O)NC1CCNCC1. The Bertz CT molecular complexity index is 267. The number of hydrogen-bond donors (Lipinski definition) is 3. The van der Waals surface area contributed by atoms with Crippen molar-refractivity contribution in [3.05, 3.63) is 0 Å². The maximum absolute atomic E-state index is 11.4. The zero-order valence-electron chi connectivity index (χ0n) is 10.7. The molecule has 2 amide bonds. The third kappa shape index (κ3) is 6.29. The first-order valence-electron chi connectivity index (χ1n) is 6.27. The van der Waals surface area contributed by atoms with Gasteiger partial charge in [-0.25, -0.2) is 9.59 Å². The third-order valence-corrected chi connectivity index (χ3v) is 2.53. The summed E-state index contributed by atoms with van der Waals surface area (Å²) in [6.45, 7) is 4.25. The van der Waals surface area contributed by atoms with Crippen LogP contribution >= 0.6 is 0 Å². The number of piperidine rings is 1. The van der Waals surface area contributed by atoms with Gasteiger partial charge in [-0.3, -0.25) is 0 Å². The smallest absolute Gasteiger partial charge is 0.407 e. The number of nitrogens with one attached hydrogen (secondary N) is 3. The molecule has 0 aliphatic carbocycles. The molecule has 1 aliphatic heterocycles. The summed E-state index contributed by atoms with van der Waals surface area (Å²) in [4.78, 5) is 22.3. The summed E-state index contributed by atoms with van der Waals surface area (Å²) in [7, 11) is 0. The molecule has 0 saturated carbocycles. The van der Waals surface area contributed by atoms with E-state index in [0.29, 0.717) is 6.54 Å². The van der Waals surface area contributed by atoms with E-state index in [9.17, 15) is 9.59 Å². The van der Waals surface area contributed by atoms with Crippen LogP contribution < -0.4 is 16.0 Å². The van der Waals surface area contributed by atoms with Crippen LogP contribution in [0.5, 0.6) is 0 Å². The molecule has 0 atom stereocenters. The highest BCUT2D eigenvalue weighted by atomic mass is 16.6. The molecule has 7 heteroatoms. The first-order chi connectivity index (χ1) is 8.72. The second-order valence-electron chi connectivity index (χ2n) is 3.97. The Hall–Kier alpha value is -1.50. The molecule has 1 rings (SSSR count). The summed E-state index contributed by atoms with van der Waals surface area (Å²) in [5, 5.41) is 8.46. The Morgan fingerprint density at radius 1 is 1.17 bits per heavy atom. The number of hydrogen-bond acceptors (Lipinski definition) is 5. The van der Waals surface area contributed by atoms with Crippen molar-refractivity contribution < 1.29 is 19.1 Å². The molecule has 1 fully saturated rings. The van der Waals surface area contributed by atoms with Gasteiger partial charge >= 0.3 is 12.2 Å². The maximum Gasteiger partial charge on any atom is 0.407 e. The number of carbonyl (C=O) groups is 2. The molecule has 1 aliphatic rings. The summed E-state index contributed by atoms with van der Waals surface area (Å²) in [5.41, 5.74) is 0. The van der Waals surface area contributed by atoms with Crippen molar-refractivity contribution in [1.82, 2.24) is 16.0 Å². The van der Waals surface area contributed by atoms with E-state index in [1.54, 1.807) is 6.92 Å². The number of alkyl carbamates (subject to hydrolysis) is 2. The first-order valence-corrected chi connectivity index (χ1v) is 6.27. The lowest BCUT2D eigenvalue weighted by Crippen LogP contribution is -2.43. The van der Waals surface area contributed by atoms with Gasteiger partial charge in [0.2, 0.25) is 0 Å². The zero-order valence-corrected chi connectivity index (χ0v) is 10.7. The lowest BCUT2D eigenvalue weighted by Gasteiger charge is -2.23. The van der Waals surface area contributed by atoms with Gasteiger partial charge in [0.15, 0.2) is 0 Å². The molecular weight excluding hydrogens is 238 g/mol. The lowest BCUT2D eigenvalue weighted by molar-refractivity contribution is 0.0934. The summed E-state index contributed by atoms with van der Waals surface area (Å²) in [6, 6.07) is 0.169. The van der Waals surface area contributed by atoms with Crippen LogP contribution in [0.25, 0.3) is 0 Å². The summed E-state index contributed by atoms with van der Waals surface area (Å²) in [6.07, 6.45) is 0.857. The summed E-state index contributed by atoms with van der Waals surface area (Å²) in [5.74, 6) is 0. The maximum atomic E-state index is 11.4. The van der Waals surface area contributed by atoms with E-state index >= 15 is 0 Å². The molecule has 1 heterocycles. The van der Waals surface area contributed by atoms with E-state index in [2.05, 4.69) is 16.0 Å². The normalized spacial score (nSPS) is 15.8. The molecule has 0 aromatic heterocycles. The van der Waals surface area contributed by atoms with Crippen LogP contribution in [-0.4, -0.2) is 51.1 Å². The molecular formula is C11H21N3O4. The van der Waals surface area contributed by atoms with Crippen molar-refractivity contribution in [2.75, 3.05) is 32.8 Å². The monoisotopic (exact) mass is 259 g/mol. The average molecular weight is 259 g/mol. The van der Waals surface area contributed by atoms with Crippen molar-refractivity contribution in [1.29, 1.82) is 0 Å². The van der Waals surface area contributed by atoms with Crippen molar-refractivity contribution in [3.63, 3.8) is 0 Å². The molecule has 0 spiro atoms. The van der Waals surface area contributed by atoms with E-state index in [1.165, 1.54) is 0 Å². The van der Waals surface area contributed by atoms with Gasteiger partial charge in [-0.05, 0) is 32.9 Å². The number of amides is 2. The van der Waals surface area contributed by atoms with Crippen molar-refractivity contribution in [2.45, 2.75) is 25.8 Å². The minimum atomic E-state index is -0.500. The van der Waals surface area contributed by atoms with Crippen LogP contribution in [0.2, 0.25) is 0 Å². The predicted molar refractivity (Wildman–Crippen MR) is 65.4 cm³/mol. The molecule has 104 valence electrons. The van der Waals surface area contributed by atoms with E-state index < -0.39 is 12.2 Å². The average Bonchev–Trinajstić information content (AvgIpc) is 2.36. The molecule has 7 nitrogen and oxygen atoms in total. The Morgan fingerprint density at radius 3 is 2.39 bits per heavy atom. The standard InChI is InChI=1S/C11H21N3O4/c1-2-13-10(15)17-7-8-18-11(16)14-9-3-5-12-6-4-9/h9,12H,2-8H2,1H3,(H,13,15)(H,14,16). The van der Waals surface area contributed by atoms with E-state index in [1.807, 2.05) is 0 Å². The van der Waals surface area contributed by atoms with Gasteiger partial charge in [0, 0.05) is 12.6 Å². The number of carbonyl (C=O) groups excluding carboxylic acids is 2. The number of rotatable bonds is 5. The van der Waals surface area contributed by atoms with Gasteiger partial charge in [0.1, 0.15) is 13.2 Å². The van der Waals surface area contributed by atoms with E-state index in [-0.39, 0.29) is 19.3 Å². The molecule has 0 unspecified atom stereocenters. The minimum absolute atomic E-state index is 0.0610. The Labute approximate surface area is 107 Å². The third-order valence-electron chi connectivity index (χ3n) is 2.53. The Balaban J connectivity index is 2.01. The molecule has 18 heavy (non-hydrogen) atoms. The zero-order chi connectivity index (χ0) is 13.2. The van der Waals surface area contributed by atoms with Crippen LogP contribution in [0.1, 0.15) is 19.8 Å². The topological polar surface area (TPSA) is 88.7 Å². The first kappa shape index (κ1) is 14.6. The summed E-state index contributed by atoms with van der Waals surface area (Å²) >= 11 is 0.